The third kappa shape index (κ3) is 6.18. The van der Waals surface area contributed by atoms with Gasteiger partial charge < -0.3 is 14.5 Å². The van der Waals surface area contributed by atoms with Crippen LogP contribution < -0.4 is 0 Å². The monoisotopic (exact) mass is 459 g/mol. The molecule has 2 fully saturated rings. The molecule has 2 saturated heterocycles. The lowest BCUT2D eigenvalue weighted by molar-refractivity contribution is -0.133. The second kappa shape index (κ2) is 11.1. The first kappa shape index (κ1) is 23.0. The number of rotatable bonds is 6. The molecule has 3 rings (SSSR count). The topological polar surface area (TPSA) is 70.2 Å². The van der Waals surface area contributed by atoms with Gasteiger partial charge in [-0.25, -0.2) is 4.79 Å². The van der Waals surface area contributed by atoms with Crippen LogP contribution in [0.25, 0.3) is 6.08 Å². The predicted octanol–water partition coefficient (Wildman–Crippen LogP) is 3.13. The molecule has 2 aliphatic rings. The van der Waals surface area contributed by atoms with Crippen LogP contribution in [0.5, 0.6) is 0 Å². The minimum absolute atomic E-state index is 0.0505. The molecule has 0 saturated carbocycles. The van der Waals surface area contributed by atoms with Crippen molar-refractivity contribution in [2.75, 3.05) is 39.3 Å². The van der Waals surface area contributed by atoms with Gasteiger partial charge in [-0.15, -0.1) is 0 Å². The van der Waals surface area contributed by atoms with E-state index >= 15 is 0 Å². The number of carbonyl (C=O) groups excluding carboxylic acids is 3. The minimum atomic E-state index is -0.347. The number of hydrogen-bond acceptors (Lipinski definition) is 6. The molecule has 9 heteroatoms. The molecule has 3 amide bonds. The number of allylic oxidation sites excluding steroid dienone is 2. The third-order valence-corrected chi connectivity index (χ3v) is 6.31. The van der Waals surface area contributed by atoms with E-state index in [1.807, 2.05) is 42.5 Å². The number of benzene rings is 1. The highest BCUT2D eigenvalue weighted by Gasteiger charge is 2.32. The number of hydrogen-bond donors (Lipinski definition) is 0. The number of thioether (sulfide) groups is 1. The van der Waals surface area contributed by atoms with Gasteiger partial charge in [-0.3, -0.25) is 14.5 Å². The summed E-state index contributed by atoms with van der Waals surface area (Å²) in [7, 11) is 0. The summed E-state index contributed by atoms with van der Waals surface area (Å²) < 4.78 is 5.45. The van der Waals surface area contributed by atoms with Crippen LogP contribution in [-0.4, -0.2) is 76.3 Å². The summed E-state index contributed by atoms with van der Waals surface area (Å²) in [5, 5.41) is 0. The highest BCUT2D eigenvalue weighted by Crippen LogP contribution is 2.31. The average Bonchev–Trinajstić information content (AvgIpc) is 3.05. The number of thiocarbonyl (C=S) groups is 1. The largest absolute Gasteiger partial charge is 0.450 e. The van der Waals surface area contributed by atoms with Gasteiger partial charge in [0.05, 0.1) is 11.5 Å². The Labute approximate surface area is 191 Å². The maximum atomic E-state index is 12.7. The van der Waals surface area contributed by atoms with Crippen LogP contribution in [0.1, 0.15) is 18.9 Å². The molecule has 0 radical (unpaired) electrons. The molecule has 0 aliphatic carbocycles. The summed E-state index contributed by atoms with van der Waals surface area (Å²) in [4.78, 5) is 42.3. The molecular formula is C22H25N3O4S2. The first-order valence-corrected chi connectivity index (χ1v) is 11.4. The summed E-state index contributed by atoms with van der Waals surface area (Å²) in [5.41, 5.74) is 1.04. The summed E-state index contributed by atoms with van der Waals surface area (Å²) in [6.07, 6.45) is 5.35. The summed E-state index contributed by atoms with van der Waals surface area (Å²) in [6.45, 7) is 4.16. The molecule has 7 nitrogen and oxygen atoms in total. The third-order valence-electron chi connectivity index (χ3n) is 4.92. The summed E-state index contributed by atoms with van der Waals surface area (Å²) in [5.74, 6) is -0.224. The smallest absolute Gasteiger partial charge is 0.409 e. The number of amides is 3. The van der Waals surface area contributed by atoms with E-state index in [0.29, 0.717) is 42.0 Å². The van der Waals surface area contributed by atoms with Crippen LogP contribution in [0.15, 0.2) is 47.4 Å². The van der Waals surface area contributed by atoms with Crippen molar-refractivity contribution in [3.05, 3.63) is 53.0 Å². The fourth-order valence-corrected chi connectivity index (χ4v) is 4.50. The van der Waals surface area contributed by atoms with Crippen molar-refractivity contribution in [1.82, 2.24) is 14.7 Å². The van der Waals surface area contributed by atoms with Gasteiger partial charge in [-0.2, -0.15) is 0 Å². The van der Waals surface area contributed by atoms with Crippen LogP contribution in [0.4, 0.5) is 4.79 Å². The van der Waals surface area contributed by atoms with Gasteiger partial charge >= 0.3 is 6.09 Å². The van der Waals surface area contributed by atoms with Crippen LogP contribution >= 0.6 is 24.0 Å². The Morgan fingerprint density at radius 1 is 1.13 bits per heavy atom. The second-order valence-corrected chi connectivity index (χ2v) is 8.62. The Balaban J connectivity index is 1.48. The summed E-state index contributed by atoms with van der Waals surface area (Å²) in [6, 6.07) is 9.81. The Morgan fingerprint density at radius 3 is 2.48 bits per heavy atom. The molecule has 2 aliphatic heterocycles. The van der Waals surface area contributed by atoms with E-state index in [4.69, 9.17) is 17.0 Å². The van der Waals surface area contributed by atoms with Crippen LogP contribution in [0, 0.1) is 0 Å². The Hall–Kier alpha value is -2.65. The fourth-order valence-electron chi connectivity index (χ4n) is 3.24. The Morgan fingerprint density at radius 2 is 1.81 bits per heavy atom. The lowest BCUT2D eigenvalue weighted by atomic mass is 10.2. The van der Waals surface area contributed by atoms with Crippen LogP contribution in [0.2, 0.25) is 0 Å². The number of nitrogens with zero attached hydrogens (tertiary/aromatic N) is 3. The molecule has 0 N–H and O–H groups in total. The Bertz CT molecular complexity index is 893. The van der Waals surface area contributed by atoms with Crippen molar-refractivity contribution in [3.8, 4) is 0 Å². The molecule has 1 aromatic rings. The van der Waals surface area contributed by atoms with Crippen molar-refractivity contribution in [2.45, 2.75) is 13.3 Å². The van der Waals surface area contributed by atoms with E-state index in [2.05, 4.69) is 0 Å². The zero-order valence-corrected chi connectivity index (χ0v) is 19.0. The van der Waals surface area contributed by atoms with E-state index in [1.54, 1.807) is 22.8 Å². The SMILES string of the molecule is CCOC(=O)N1CCN(C(=O)CCN2C(=O)/C(=C/C=C/c3ccccc3)SC2=S)CC1. The Kier molecular flexibility index (Phi) is 8.25. The zero-order chi connectivity index (χ0) is 22.2. The van der Waals surface area contributed by atoms with E-state index < -0.39 is 0 Å². The molecule has 2 heterocycles. The predicted molar refractivity (Wildman–Crippen MR) is 125 cm³/mol. The molecule has 0 unspecified atom stereocenters. The van der Waals surface area contributed by atoms with Crippen LogP contribution in [0.3, 0.4) is 0 Å². The van der Waals surface area contributed by atoms with Gasteiger partial charge in [0.1, 0.15) is 4.32 Å². The first-order chi connectivity index (χ1) is 15.0. The summed E-state index contributed by atoms with van der Waals surface area (Å²) >= 11 is 6.58. The number of piperazine rings is 1. The van der Waals surface area contributed by atoms with Crippen molar-refractivity contribution in [2.24, 2.45) is 0 Å². The van der Waals surface area contributed by atoms with Gasteiger partial charge in [-0.1, -0.05) is 66.5 Å². The molecule has 0 spiro atoms. The minimum Gasteiger partial charge on any atom is -0.450 e. The van der Waals surface area contributed by atoms with Gasteiger partial charge in [0.25, 0.3) is 5.91 Å². The van der Waals surface area contributed by atoms with Crippen molar-refractivity contribution >= 4 is 52.3 Å². The maximum Gasteiger partial charge on any atom is 0.409 e. The van der Waals surface area contributed by atoms with E-state index in [0.717, 1.165) is 5.56 Å². The van der Waals surface area contributed by atoms with E-state index in [9.17, 15) is 14.4 Å². The lowest BCUT2D eigenvalue weighted by Gasteiger charge is -2.34. The first-order valence-electron chi connectivity index (χ1n) is 10.2. The zero-order valence-electron chi connectivity index (χ0n) is 17.4. The number of carbonyl (C=O) groups is 3. The van der Waals surface area contributed by atoms with Gasteiger partial charge in [0.15, 0.2) is 0 Å². The lowest BCUT2D eigenvalue weighted by Crippen LogP contribution is -2.51. The molecule has 0 aromatic heterocycles. The van der Waals surface area contributed by atoms with Crippen molar-refractivity contribution in [3.63, 3.8) is 0 Å². The van der Waals surface area contributed by atoms with Gasteiger partial charge in [0, 0.05) is 39.1 Å². The maximum absolute atomic E-state index is 12.7. The molecule has 0 bridgehead atoms. The normalized spacial score (nSPS) is 18.4. The van der Waals surface area contributed by atoms with Crippen LogP contribution in [-0.2, 0) is 14.3 Å². The molecule has 0 atom stereocenters. The second-order valence-electron chi connectivity index (χ2n) is 6.94. The highest BCUT2D eigenvalue weighted by atomic mass is 32.2. The molecular weight excluding hydrogens is 434 g/mol. The molecule has 164 valence electrons. The number of ether oxygens (including phenoxy) is 1. The quantitative estimate of drug-likeness (QED) is 0.481. The molecule has 31 heavy (non-hydrogen) atoms. The fraction of sp³-hybridized carbons (Fsp3) is 0.364. The van der Waals surface area contributed by atoms with Gasteiger partial charge in [0.2, 0.25) is 5.91 Å². The van der Waals surface area contributed by atoms with Gasteiger partial charge in [-0.05, 0) is 18.6 Å². The van der Waals surface area contributed by atoms with Crippen molar-refractivity contribution in [1.29, 1.82) is 0 Å². The van der Waals surface area contributed by atoms with E-state index in [-0.39, 0.29) is 30.9 Å². The average molecular weight is 460 g/mol. The standard InChI is InChI=1S/C22H25N3O4S2/c1-2-29-21(28)24-15-13-23(14-16-24)19(26)11-12-25-20(27)18(31-22(25)30)10-6-9-17-7-4-3-5-8-17/h3-10H,2,11-16H2,1H3/b9-6+,18-10-. The van der Waals surface area contributed by atoms with E-state index in [1.165, 1.54) is 16.7 Å². The highest BCUT2D eigenvalue weighted by molar-refractivity contribution is 8.26. The molecule has 1 aromatic carbocycles. The van der Waals surface area contributed by atoms with Crippen molar-refractivity contribution < 1.29 is 19.1 Å².